The number of benzene rings is 1. The maximum absolute atomic E-state index is 12.9. The topological polar surface area (TPSA) is 55.2 Å². The Balaban J connectivity index is 1.92. The molecule has 3 aromatic rings. The van der Waals surface area contributed by atoms with Crippen LogP contribution in [0.15, 0.2) is 30.3 Å². The van der Waals surface area contributed by atoms with Gasteiger partial charge in [-0.1, -0.05) is 53.1 Å². The van der Waals surface area contributed by atoms with E-state index in [4.69, 9.17) is 21.6 Å². The first-order valence-corrected chi connectivity index (χ1v) is 15.9. The highest BCUT2D eigenvalue weighted by Gasteiger charge is 2.42. The van der Waals surface area contributed by atoms with E-state index < -0.39 is 20.2 Å². The van der Waals surface area contributed by atoms with E-state index in [0.717, 1.165) is 32.0 Å². The van der Waals surface area contributed by atoms with Crippen LogP contribution in [-0.2, 0) is 0 Å². The van der Waals surface area contributed by atoms with Crippen LogP contribution >= 0.6 is 11.6 Å². The molecule has 1 aliphatic rings. The lowest BCUT2D eigenvalue weighted by Crippen LogP contribution is -2.43. The maximum Gasteiger partial charge on any atom is 0.573 e. The minimum Gasteiger partial charge on any atom is -0.404 e. The predicted octanol–water partition coefficient (Wildman–Crippen LogP) is 6.95. The summed E-state index contributed by atoms with van der Waals surface area (Å²) in [4.78, 5) is 12.0. The first-order valence-electron chi connectivity index (χ1n) is 13.3. The number of nitrogens with zero attached hydrogens (tertiary/aromatic N) is 4. The zero-order valence-electron chi connectivity index (χ0n) is 23.2. The van der Waals surface area contributed by atoms with Crippen LogP contribution in [0.1, 0.15) is 47.4 Å². The van der Waals surface area contributed by atoms with Crippen LogP contribution in [0.3, 0.4) is 0 Å². The highest BCUT2D eigenvalue weighted by atomic mass is 35.5. The standard InChI is InChI=1S/C28H35ClF3N5OSi/c1-18(2)39(19(3)4,20(5)6)16-11-26-34-23-8-10-25(36-14-12-33-13-15-36)35-27(23)37(26)21-7-9-24(22(29)17-21)38-28(30,31)32/h7-10,17-20,33H,12-15H2,1-6H3. The Labute approximate surface area is 233 Å². The van der Waals surface area contributed by atoms with Gasteiger partial charge in [0.15, 0.2) is 11.5 Å². The van der Waals surface area contributed by atoms with Crippen molar-refractivity contribution in [3.05, 3.63) is 41.2 Å². The Morgan fingerprint density at radius 3 is 2.18 bits per heavy atom. The second-order valence-corrected chi connectivity index (χ2v) is 16.8. The third-order valence-corrected chi connectivity index (χ3v) is 14.2. The summed E-state index contributed by atoms with van der Waals surface area (Å²) in [7, 11) is -2.09. The van der Waals surface area contributed by atoms with Crippen molar-refractivity contribution < 1.29 is 17.9 Å². The molecule has 11 heteroatoms. The van der Waals surface area contributed by atoms with Gasteiger partial charge in [-0.3, -0.25) is 4.57 Å². The molecule has 2 aromatic heterocycles. The minimum absolute atomic E-state index is 0.167. The van der Waals surface area contributed by atoms with Crippen LogP contribution in [0.2, 0.25) is 21.6 Å². The van der Waals surface area contributed by atoms with Gasteiger partial charge in [0.25, 0.3) is 0 Å². The van der Waals surface area contributed by atoms with Crippen LogP contribution in [0.25, 0.3) is 16.9 Å². The summed E-state index contributed by atoms with van der Waals surface area (Å²) in [5, 5.41) is 3.17. The number of fused-ring (bicyclic) bond motifs is 1. The monoisotopic (exact) mass is 577 g/mol. The van der Waals surface area contributed by atoms with Gasteiger partial charge in [-0.05, 0) is 52.9 Å². The number of hydrogen-bond acceptors (Lipinski definition) is 5. The number of anilines is 1. The average Bonchev–Trinajstić information content (AvgIpc) is 3.22. The lowest BCUT2D eigenvalue weighted by molar-refractivity contribution is -0.274. The summed E-state index contributed by atoms with van der Waals surface area (Å²) in [6.07, 6.45) is -4.85. The number of alkyl halides is 3. The largest absolute Gasteiger partial charge is 0.573 e. The third-order valence-electron chi connectivity index (χ3n) is 7.59. The Morgan fingerprint density at radius 1 is 0.974 bits per heavy atom. The molecular weight excluding hydrogens is 543 g/mol. The molecule has 39 heavy (non-hydrogen) atoms. The average molecular weight is 578 g/mol. The van der Waals surface area contributed by atoms with Crippen molar-refractivity contribution in [3.63, 3.8) is 0 Å². The van der Waals surface area contributed by atoms with Gasteiger partial charge in [-0.15, -0.1) is 18.7 Å². The number of aromatic nitrogens is 3. The fraction of sp³-hybridized carbons (Fsp3) is 0.500. The van der Waals surface area contributed by atoms with E-state index in [-0.39, 0.29) is 5.02 Å². The van der Waals surface area contributed by atoms with E-state index in [0.29, 0.717) is 39.3 Å². The molecule has 0 bridgehead atoms. The Morgan fingerprint density at radius 2 is 1.62 bits per heavy atom. The molecule has 1 aromatic carbocycles. The van der Waals surface area contributed by atoms with Crippen molar-refractivity contribution in [2.24, 2.45) is 0 Å². The number of halogens is 4. The number of pyridine rings is 1. The molecule has 3 heterocycles. The van der Waals surface area contributed by atoms with Gasteiger partial charge in [0.1, 0.15) is 25.2 Å². The summed E-state index contributed by atoms with van der Waals surface area (Å²) in [6.45, 7) is 16.8. The number of nitrogens with one attached hydrogen (secondary N) is 1. The van der Waals surface area contributed by atoms with Crippen molar-refractivity contribution in [1.82, 2.24) is 19.9 Å². The molecule has 210 valence electrons. The first-order chi connectivity index (χ1) is 18.3. The molecule has 0 radical (unpaired) electrons. The van der Waals surface area contributed by atoms with Gasteiger partial charge in [0.05, 0.1) is 10.7 Å². The van der Waals surface area contributed by atoms with E-state index in [9.17, 15) is 13.2 Å². The molecule has 1 fully saturated rings. The number of hydrogen-bond donors (Lipinski definition) is 1. The van der Waals surface area contributed by atoms with Crippen LogP contribution in [0, 0.1) is 11.5 Å². The molecule has 0 unspecified atom stereocenters. The molecule has 6 nitrogen and oxygen atoms in total. The first kappa shape index (κ1) is 29.2. The summed E-state index contributed by atoms with van der Waals surface area (Å²) >= 11 is 6.26. The summed E-state index contributed by atoms with van der Waals surface area (Å²) < 4.78 is 44.5. The Bertz CT molecular complexity index is 1370. The van der Waals surface area contributed by atoms with Crippen LogP contribution < -0.4 is 15.0 Å². The maximum atomic E-state index is 12.9. The van der Waals surface area contributed by atoms with Crippen molar-refractivity contribution in [2.75, 3.05) is 31.1 Å². The lowest BCUT2D eigenvalue weighted by atomic mass is 10.3. The molecule has 0 spiro atoms. The normalized spacial score (nSPS) is 14.8. The summed E-state index contributed by atoms with van der Waals surface area (Å²) in [6, 6.07) is 8.04. The van der Waals surface area contributed by atoms with E-state index in [2.05, 4.69) is 68.0 Å². The molecule has 0 saturated carbocycles. The molecule has 0 atom stereocenters. The second kappa shape index (κ2) is 11.4. The summed E-state index contributed by atoms with van der Waals surface area (Å²) in [5.41, 5.74) is 6.71. The van der Waals surface area contributed by atoms with Crippen LogP contribution in [0.5, 0.6) is 5.75 Å². The zero-order valence-corrected chi connectivity index (χ0v) is 24.9. The fourth-order valence-electron chi connectivity index (χ4n) is 5.78. The Kier molecular flexibility index (Phi) is 8.54. The smallest absolute Gasteiger partial charge is 0.404 e. The second-order valence-electron chi connectivity index (χ2n) is 10.8. The number of piperazine rings is 1. The lowest BCUT2D eigenvalue weighted by Gasteiger charge is -2.38. The molecular formula is C28H35ClF3N5OSi. The fourth-order valence-corrected chi connectivity index (χ4v) is 11.2. The van der Waals surface area contributed by atoms with E-state index in [1.807, 2.05) is 12.1 Å². The van der Waals surface area contributed by atoms with Crippen LogP contribution in [0.4, 0.5) is 19.0 Å². The molecule has 1 saturated heterocycles. The van der Waals surface area contributed by atoms with Gasteiger partial charge in [0.2, 0.25) is 0 Å². The van der Waals surface area contributed by atoms with E-state index >= 15 is 0 Å². The molecule has 1 N–H and O–H groups in total. The SMILES string of the molecule is CC(C)[Si](C#Cc1nc2ccc(N3CCNCC3)nc2n1-c1ccc(OC(F)(F)F)c(Cl)c1)(C(C)C)C(C)C. The van der Waals surface area contributed by atoms with Crippen molar-refractivity contribution in [1.29, 1.82) is 0 Å². The number of imidazole rings is 1. The van der Waals surface area contributed by atoms with Crippen molar-refractivity contribution >= 4 is 36.7 Å². The Hall–Kier alpha value is -2.74. The molecule has 1 aliphatic heterocycles. The number of rotatable bonds is 6. The number of ether oxygens (including phenoxy) is 1. The van der Waals surface area contributed by atoms with Gasteiger partial charge < -0.3 is 15.0 Å². The highest BCUT2D eigenvalue weighted by Crippen LogP contribution is 2.41. The van der Waals surface area contributed by atoms with E-state index in [1.165, 1.54) is 18.2 Å². The quantitative estimate of drug-likeness (QED) is 0.254. The van der Waals surface area contributed by atoms with Gasteiger partial charge in [0, 0.05) is 26.2 Å². The van der Waals surface area contributed by atoms with Crippen LogP contribution in [-0.4, -0.2) is 55.2 Å². The van der Waals surface area contributed by atoms with Crippen molar-refractivity contribution in [2.45, 2.75) is 64.5 Å². The summed E-state index contributed by atoms with van der Waals surface area (Å²) in [5.74, 6) is 4.23. The minimum atomic E-state index is -4.85. The van der Waals surface area contributed by atoms with Gasteiger partial charge in [-0.2, -0.15) is 0 Å². The molecule has 0 amide bonds. The van der Waals surface area contributed by atoms with Crippen molar-refractivity contribution in [3.8, 4) is 22.9 Å². The highest BCUT2D eigenvalue weighted by molar-refractivity contribution is 6.90. The third kappa shape index (κ3) is 6.05. The predicted molar refractivity (Wildman–Crippen MR) is 154 cm³/mol. The van der Waals surface area contributed by atoms with Gasteiger partial charge >= 0.3 is 6.36 Å². The molecule has 0 aliphatic carbocycles. The van der Waals surface area contributed by atoms with E-state index in [1.54, 1.807) is 4.57 Å². The zero-order chi connectivity index (χ0) is 28.5. The molecule has 4 rings (SSSR count). The van der Waals surface area contributed by atoms with Gasteiger partial charge in [-0.25, -0.2) is 9.97 Å².